The number of nitrogens with zero attached hydrogens (tertiary/aromatic N) is 1. The number of hydrogen-bond donors (Lipinski definition) is 1. The fourth-order valence-corrected chi connectivity index (χ4v) is 4.32. The summed E-state index contributed by atoms with van der Waals surface area (Å²) in [5.41, 5.74) is 0. The molecule has 1 heterocycles. The Morgan fingerprint density at radius 1 is 1.53 bits per heavy atom. The molecule has 6 heteroatoms. The summed E-state index contributed by atoms with van der Waals surface area (Å²) in [6, 6.07) is 1.96. The Kier molecular flexibility index (Phi) is 6.01. The highest BCUT2D eigenvalue weighted by molar-refractivity contribution is 7.89. The number of sulfonamides is 1. The molecule has 0 atom stereocenters. The largest absolute Gasteiger partial charge is 0.310 e. The first-order valence-corrected chi connectivity index (χ1v) is 8.48. The SMILES string of the molecule is C#CCN(CC)S(=O)(=O)c1ccsc1CNC(C)C. The third kappa shape index (κ3) is 4.05. The Morgan fingerprint density at radius 2 is 2.21 bits per heavy atom. The van der Waals surface area contributed by atoms with Crippen LogP contribution in [0, 0.1) is 12.3 Å². The lowest BCUT2D eigenvalue weighted by Gasteiger charge is -2.18. The lowest BCUT2D eigenvalue weighted by Crippen LogP contribution is -2.32. The molecule has 0 amide bonds. The molecule has 19 heavy (non-hydrogen) atoms. The van der Waals surface area contributed by atoms with Crippen LogP contribution in [-0.4, -0.2) is 31.9 Å². The topological polar surface area (TPSA) is 49.4 Å². The molecule has 106 valence electrons. The zero-order valence-corrected chi connectivity index (χ0v) is 13.1. The maximum absolute atomic E-state index is 12.5. The number of rotatable bonds is 7. The molecule has 0 saturated carbocycles. The quantitative estimate of drug-likeness (QED) is 0.782. The van der Waals surface area contributed by atoms with E-state index in [2.05, 4.69) is 11.2 Å². The van der Waals surface area contributed by atoms with Gasteiger partial charge in [0.1, 0.15) is 0 Å². The Balaban J connectivity index is 3.02. The van der Waals surface area contributed by atoms with E-state index in [9.17, 15) is 8.42 Å². The first-order chi connectivity index (χ1) is 8.93. The first-order valence-electron chi connectivity index (χ1n) is 6.16. The molecule has 0 aliphatic carbocycles. The molecule has 0 aliphatic rings. The molecular weight excluding hydrogens is 280 g/mol. The Hall–Kier alpha value is -0.870. The zero-order valence-electron chi connectivity index (χ0n) is 11.5. The fourth-order valence-electron chi connectivity index (χ4n) is 1.59. The van der Waals surface area contributed by atoms with Crippen LogP contribution in [0.5, 0.6) is 0 Å². The van der Waals surface area contributed by atoms with Crippen LogP contribution in [0.2, 0.25) is 0 Å². The van der Waals surface area contributed by atoms with Gasteiger partial charge in [0.2, 0.25) is 10.0 Å². The lowest BCUT2D eigenvalue weighted by atomic mass is 10.4. The molecule has 1 N–H and O–H groups in total. The van der Waals surface area contributed by atoms with Crippen LogP contribution in [0.15, 0.2) is 16.3 Å². The van der Waals surface area contributed by atoms with Crippen molar-refractivity contribution < 1.29 is 8.42 Å². The predicted octanol–water partition coefficient (Wildman–Crippen LogP) is 1.89. The molecule has 0 aliphatic heterocycles. The zero-order chi connectivity index (χ0) is 14.5. The average molecular weight is 300 g/mol. The molecule has 0 unspecified atom stereocenters. The molecule has 0 spiro atoms. The molecule has 1 aromatic rings. The summed E-state index contributed by atoms with van der Waals surface area (Å²) < 4.78 is 26.3. The van der Waals surface area contributed by atoms with Crippen LogP contribution in [0.25, 0.3) is 0 Å². The maximum atomic E-state index is 12.5. The summed E-state index contributed by atoms with van der Waals surface area (Å²) in [5, 5.41) is 5.04. The standard InChI is InChI=1S/C13H20N2O2S2/c1-5-8-15(6-2)19(16,17)13-7-9-18-12(13)10-14-11(3)4/h1,7,9,11,14H,6,8,10H2,2-4H3. The van der Waals surface area contributed by atoms with Gasteiger partial charge in [0.05, 0.1) is 11.4 Å². The summed E-state index contributed by atoms with van der Waals surface area (Å²) in [6.07, 6.45) is 5.23. The van der Waals surface area contributed by atoms with E-state index in [1.807, 2.05) is 13.8 Å². The second-order valence-corrected chi connectivity index (χ2v) is 7.29. The highest BCUT2D eigenvalue weighted by Crippen LogP contribution is 2.25. The van der Waals surface area contributed by atoms with Crippen molar-refractivity contribution in [1.29, 1.82) is 0 Å². The van der Waals surface area contributed by atoms with Gasteiger partial charge in [0.25, 0.3) is 0 Å². The van der Waals surface area contributed by atoms with Crippen LogP contribution in [0.4, 0.5) is 0 Å². The number of hydrogen-bond acceptors (Lipinski definition) is 4. The van der Waals surface area contributed by atoms with E-state index in [-0.39, 0.29) is 6.54 Å². The Morgan fingerprint density at radius 3 is 2.74 bits per heavy atom. The summed E-state index contributed by atoms with van der Waals surface area (Å²) >= 11 is 1.44. The van der Waals surface area contributed by atoms with E-state index in [1.165, 1.54) is 15.6 Å². The second-order valence-electron chi connectivity index (χ2n) is 4.38. The predicted molar refractivity (Wildman–Crippen MR) is 79.6 cm³/mol. The van der Waals surface area contributed by atoms with Gasteiger partial charge in [-0.3, -0.25) is 0 Å². The van der Waals surface area contributed by atoms with Gasteiger partial charge < -0.3 is 5.32 Å². The molecule has 0 radical (unpaired) electrons. The van der Waals surface area contributed by atoms with Crippen LogP contribution in [0.1, 0.15) is 25.6 Å². The van der Waals surface area contributed by atoms with Gasteiger partial charge in [-0.15, -0.1) is 17.8 Å². The molecule has 0 fully saturated rings. The van der Waals surface area contributed by atoms with Gasteiger partial charge in [-0.1, -0.05) is 26.7 Å². The van der Waals surface area contributed by atoms with Gasteiger partial charge in [0.15, 0.2) is 0 Å². The van der Waals surface area contributed by atoms with E-state index in [0.29, 0.717) is 24.0 Å². The lowest BCUT2D eigenvalue weighted by molar-refractivity contribution is 0.463. The molecular formula is C13H20N2O2S2. The van der Waals surface area contributed by atoms with Crippen molar-refractivity contribution in [3.8, 4) is 12.3 Å². The van der Waals surface area contributed by atoms with Crippen LogP contribution < -0.4 is 5.32 Å². The van der Waals surface area contributed by atoms with Crippen molar-refractivity contribution in [3.63, 3.8) is 0 Å². The van der Waals surface area contributed by atoms with Gasteiger partial charge in [-0.2, -0.15) is 4.31 Å². The van der Waals surface area contributed by atoms with Gasteiger partial charge in [0, 0.05) is 24.0 Å². The minimum atomic E-state index is -3.49. The minimum Gasteiger partial charge on any atom is -0.310 e. The van der Waals surface area contributed by atoms with E-state index in [0.717, 1.165) is 4.88 Å². The molecule has 1 rings (SSSR count). The third-order valence-corrected chi connectivity index (χ3v) is 5.67. The smallest absolute Gasteiger partial charge is 0.245 e. The van der Waals surface area contributed by atoms with E-state index < -0.39 is 10.0 Å². The average Bonchev–Trinajstić information content (AvgIpc) is 2.82. The molecule has 0 aromatic carbocycles. The van der Waals surface area contributed by atoms with Crippen molar-refractivity contribution in [3.05, 3.63) is 16.3 Å². The molecule has 1 aromatic heterocycles. The highest BCUT2D eigenvalue weighted by atomic mass is 32.2. The number of thiophene rings is 1. The van der Waals surface area contributed by atoms with Gasteiger partial charge in [-0.25, -0.2) is 8.42 Å². The van der Waals surface area contributed by atoms with Crippen molar-refractivity contribution in [2.24, 2.45) is 0 Å². The first kappa shape index (κ1) is 16.2. The molecule has 4 nitrogen and oxygen atoms in total. The van der Waals surface area contributed by atoms with Crippen LogP contribution >= 0.6 is 11.3 Å². The van der Waals surface area contributed by atoms with E-state index in [1.54, 1.807) is 18.4 Å². The van der Waals surface area contributed by atoms with E-state index in [4.69, 9.17) is 6.42 Å². The van der Waals surface area contributed by atoms with Crippen molar-refractivity contribution in [2.75, 3.05) is 13.1 Å². The number of nitrogens with one attached hydrogen (secondary N) is 1. The van der Waals surface area contributed by atoms with E-state index >= 15 is 0 Å². The van der Waals surface area contributed by atoms with Gasteiger partial charge >= 0.3 is 0 Å². The number of terminal acetylenes is 1. The summed E-state index contributed by atoms with van der Waals surface area (Å²) in [5.74, 6) is 2.39. The van der Waals surface area contributed by atoms with Crippen LogP contribution in [-0.2, 0) is 16.6 Å². The Labute approximate surface area is 119 Å². The molecule has 0 bridgehead atoms. The second kappa shape index (κ2) is 7.06. The Bertz CT molecular complexity index is 541. The normalized spacial score (nSPS) is 12.0. The third-order valence-electron chi connectivity index (χ3n) is 2.61. The highest BCUT2D eigenvalue weighted by Gasteiger charge is 2.25. The summed E-state index contributed by atoms with van der Waals surface area (Å²) in [4.78, 5) is 1.19. The summed E-state index contributed by atoms with van der Waals surface area (Å²) in [6.45, 7) is 6.87. The summed E-state index contributed by atoms with van der Waals surface area (Å²) in [7, 11) is -3.49. The van der Waals surface area contributed by atoms with Crippen molar-refractivity contribution in [2.45, 2.75) is 38.3 Å². The fraction of sp³-hybridized carbons (Fsp3) is 0.538. The minimum absolute atomic E-state index is 0.103. The van der Waals surface area contributed by atoms with Crippen molar-refractivity contribution >= 4 is 21.4 Å². The molecule has 0 saturated heterocycles. The van der Waals surface area contributed by atoms with Gasteiger partial charge in [-0.05, 0) is 11.4 Å². The van der Waals surface area contributed by atoms with Crippen molar-refractivity contribution in [1.82, 2.24) is 9.62 Å². The monoisotopic (exact) mass is 300 g/mol. The van der Waals surface area contributed by atoms with Crippen LogP contribution in [0.3, 0.4) is 0 Å². The maximum Gasteiger partial charge on any atom is 0.245 e.